The maximum atomic E-state index is 12.4. The zero-order valence-electron chi connectivity index (χ0n) is 13.9. The molecule has 1 aliphatic rings. The van der Waals surface area contributed by atoms with Crippen molar-refractivity contribution in [3.63, 3.8) is 0 Å². The predicted molar refractivity (Wildman–Crippen MR) is 93.2 cm³/mol. The summed E-state index contributed by atoms with van der Waals surface area (Å²) >= 11 is 0. The van der Waals surface area contributed by atoms with Crippen LogP contribution in [0.5, 0.6) is 5.75 Å². The van der Waals surface area contributed by atoms with E-state index in [1.54, 1.807) is 12.0 Å². The van der Waals surface area contributed by atoms with E-state index in [4.69, 9.17) is 4.74 Å². The van der Waals surface area contributed by atoms with E-state index >= 15 is 0 Å². The second kappa shape index (κ2) is 7.25. The molecule has 2 heterocycles. The minimum Gasteiger partial charge on any atom is -0.497 e. The molecule has 3 rings (SSSR count). The Hall–Kier alpha value is -3.03. The number of anilines is 1. The highest BCUT2D eigenvalue weighted by molar-refractivity contribution is 5.78. The number of aromatic amines is 2. The number of hydrogen-bond donors (Lipinski definition) is 2. The number of amides is 1. The van der Waals surface area contributed by atoms with E-state index < -0.39 is 11.2 Å². The van der Waals surface area contributed by atoms with Crippen LogP contribution in [0.4, 0.5) is 5.69 Å². The van der Waals surface area contributed by atoms with Crippen LogP contribution in [-0.2, 0) is 11.2 Å². The first kappa shape index (κ1) is 16.8. The Labute approximate surface area is 144 Å². The number of hydrogen-bond acceptors (Lipinski definition) is 5. The molecule has 1 aromatic heterocycles. The molecule has 0 spiro atoms. The topological polar surface area (TPSA) is 98.5 Å². The largest absolute Gasteiger partial charge is 0.497 e. The van der Waals surface area contributed by atoms with Gasteiger partial charge in [0.25, 0.3) is 5.56 Å². The molecule has 132 valence electrons. The van der Waals surface area contributed by atoms with Gasteiger partial charge in [-0.15, -0.1) is 0 Å². The Morgan fingerprint density at radius 2 is 1.76 bits per heavy atom. The fraction of sp³-hybridized carbons (Fsp3) is 0.353. The maximum Gasteiger partial charge on any atom is 0.325 e. The van der Waals surface area contributed by atoms with Gasteiger partial charge in [-0.25, -0.2) is 4.79 Å². The molecule has 2 aromatic rings. The number of carbonyl (C=O) groups is 1. The zero-order chi connectivity index (χ0) is 17.8. The number of benzene rings is 1. The quantitative estimate of drug-likeness (QED) is 0.811. The number of ether oxygens (including phenoxy) is 1. The van der Waals surface area contributed by atoms with Gasteiger partial charge >= 0.3 is 5.69 Å². The molecule has 0 bridgehead atoms. The lowest BCUT2D eigenvalue weighted by atomic mass is 10.2. The number of piperazine rings is 1. The van der Waals surface area contributed by atoms with Crippen LogP contribution in [0, 0.1) is 0 Å². The Kier molecular flexibility index (Phi) is 4.87. The van der Waals surface area contributed by atoms with Gasteiger partial charge in [0.2, 0.25) is 5.91 Å². The van der Waals surface area contributed by atoms with Crippen molar-refractivity contribution < 1.29 is 9.53 Å². The standard InChI is InChI=1S/C17H20N4O4/c1-25-14-4-2-13(3-5-14)20-6-8-21(9-7-20)16(23)11-12-10-15(22)19-17(24)18-12/h2-5,10H,6-9,11H2,1H3,(H2,18,19,22,24). The predicted octanol–water partition coefficient (Wildman–Crippen LogP) is -0.0369. The van der Waals surface area contributed by atoms with E-state index in [0.717, 1.165) is 24.5 Å². The molecule has 8 nitrogen and oxygen atoms in total. The Balaban J connectivity index is 1.58. The van der Waals surface area contributed by atoms with E-state index in [2.05, 4.69) is 14.9 Å². The monoisotopic (exact) mass is 344 g/mol. The van der Waals surface area contributed by atoms with Crippen molar-refractivity contribution in [3.05, 3.63) is 56.9 Å². The SMILES string of the molecule is COc1ccc(N2CCN(C(=O)Cc3cc(=O)[nH]c(=O)[nH]3)CC2)cc1. The number of nitrogens with zero attached hydrogens (tertiary/aromatic N) is 2. The van der Waals surface area contributed by atoms with E-state index in [1.165, 1.54) is 6.07 Å². The molecule has 8 heteroatoms. The summed E-state index contributed by atoms with van der Waals surface area (Å²) in [6.45, 7) is 2.64. The van der Waals surface area contributed by atoms with Crippen LogP contribution in [0.2, 0.25) is 0 Å². The van der Waals surface area contributed by atoms with Crippen LogP contribution in [-0.4, -0.2) is 54.1 Å². The van der Waals surface area contributed by atoms with Crippen molar-refractivity contribution in [2.45, 2.75) is 6.42 Å². The van der Waals surface area contributed by atoms with Crippen LogP contribution < -0.4 is 20.9 Å². The van der Waals surface area contributed by atoms with E-state index in [0.29, 0.717) is 18.8 Å². The van der Waals surface area contributed by atoms with Gasteiger partial charge in [-0.2, -0.15) is 0 Å². The molecular weight excluding hydrogens is 324 g/mol. The van der Waals surface area contributed by atoms with Crippen molar-refractivity contribution in [1.82, 2.24) is 14.9 Å². The molecular formula is C17H20N4O4. The van der Waals surface area contributed by atoms with Crippen LogP contribution in [0.25, 0.3) is 0 Å². The second-order valence-corrected chi connectivity index (χ2v) is 5.86. The first-order valence-electron chi connectivity index (χ1n) is 8.04. The van der Waals surface area contributed by atoms with Gasteiger partial charge in [-0.1, -0.05) is 0 Å². The van der Waals surface area contributed by atoms with E-state index in [1.807, 2.05) is 24.3 Å². The number of rotatable bonds is 4. The molecule has 0 unspecified atom stereocenters. The number of H-pyrrole nitrogens is 2. The molecule has 1 aromatic carbocycles. The second-order valence-electron chi connectivity index (χ2n) is 5.86. The minimum atomic E-state index is -0.598. The number of nitrogens with one attached hydrogen (secondary N) is 2. The van der Waals surface area contributed by atoms with Crippen LogP contribution in [0.15, 0.2) is 39.9 Å². The average Bonchev–Trinajstić information content (AvgIpc) is 2.61. The Morgan fingerprint density at radius 3 is 2.36 bits per heavy atom. The molecule has 25 heavy (non-hydrogen) atoms. The van der Waals surface area contributed by atoms with Crippen LogP contribution >= 0.6 is 0 Å². The summed E-state index contributed by atoms with van der Waals surface area (Å²) in [6.07, 6.45) is 0.0156. The molecule has 1 fully saturated rings. The fourth-order valence-corrected chi connectivity index (χ4v) is 2.90. The lowest BCUT2D eigenvalue weighted by Crippen LogP contribution is -2.49. The van der Waals surface area contributed by atoms with Gasteiger partial charge < -0.3 is 19.5 Å². The first-order valence-corrected chi connectivity index (χ1v) is 8.04. The Bertz CT molecular complexity index is 820. The highest BCUT2D eigenvalue weighted by atomic mass is 16.5. The van der Waals surface area contributed by atoms with Gasteiger partial charge in [0.15, 0.2) is 0 Å². The summed E-state index contributed by atoms with van der Waals surface area (Å²) in [5.74, 6) is 0.708. The van der Waals surface area contributed by atoms with Crippen molar-refractivity contribution in [3.8, 4) is 5.75 Å². The third-order valence-electron chi connectivity index (χ3n) is 4.23. The molecule has 0 saturated carbocycles. The molecule has 0 aliphatic carbocycles. The summed E-state index contributed by atoms with van der Waals surface area (Å²) in [4.78, 5) is 43.5. The molecule has 2 N–H and O–H groups in total. The highest BCUT2D eigenvalue weighted by Crippen LogP contribution is 2.20. The van der Waals surface area contributed by atoms with Gasteiger partial charge in [0, 0.05) is 43.6 Å². The lowest BCUT2D eigenvalue weighted by Gasteiger charge is -2.36. The van der Waals surface area contributed by atoms with Crippen LogP contribution in [0.3, 0.4) is 0 Å². The normalized spacial score (nSPS) is 14.4. The first-order chi connectivity index (χ1) is 12.0. The molecule has 1 amide bonds. The number of aromatic nitrogens is 2. The van der Waals surface area contributed by atoms with Gasteiger partial charge in [-0.3, -0.25) is 14.6 Å². The highest BCUT2D eigenvalue weighted by Gasteiger charge is 2.21. The van der Waals surface area contributed by atoms with Gasteiger partial charge in [0.05, 0.1) is 13.5 Å². The molecule has 1 saturated heterocycles. The number of carbonyl (C=O) groups excluding carboxylic acids is 1. The van der Waals surface area contributed by atoms with E-state index in [-0.39, 0.29) is 12.3 Å². The average molecular weight is 344 g/mol. The van der Waals surface area contributed by atoms with Crippen molar-refractivity contribution in [2.75, 3.05) is 38.2 Å². The summed E-state index contributed by atoms with van der Waals surface area (Å²) in [6, 6.07) is 9.06. The Morgan fingerprint density at radius 1 is 1.08 bits per heavy atom. The summed E-state index contributed by atoms with van der Waals surface area (Å²) in [5, 5.41) is 0. The van der Waals surface area contributed by atoms with Crippen molar-refractivity contribution >= 4 is 11.6 Å². The summed E-state index contributed by atoms with van der Waals surface area (Å²) < 4.78 is 5.16. The third-order valence-corrected chi connectivity index (χ3v) is 4.23. The molecule has 1 aliphatic heterocycles. The van der Waals surface area contributed by atoms with E-state index in [9.17, 15) is 14.4 Å². The summed E-state index contributed by atoms with van der Waals surface area (Å²) in [7, 11) is 1.63. The smallest absolute Gasteiger partial charge is 0.325 e. The minimum absolute atomic E-state index is 0.0156. The third kappa shape index (κ3) is 4.09. The fourth-order valence-electron chi connectivity index (χ4n) is 2.90. The lowest BCUT2D eigenvalue weighted by molar-refractivity contribution is -0.130. The van der Waals surface area contributed by atoms with Crippen molar-refractivity contribution in [1.29, 1.82) is 0 Å². The summed E-state index contributed by atoms with van der Waals surface area (Å²) in [5.41, 5.74) is 0.318. The van der Waals surface area contributed by atoms with Gasteiger partial charge in [-0.05, 0) is 24.3 Å². The maximum absolute atomic E-state index is 12.4. The van der Waals surface area contributed by atoms with Crippen LogP contribution in [0.1, 0.15) is 5.69 Å². The number of methoxy groups -OCH3 is 1. The van der Waals surface area contributed by atoms with Crippen molar-refractivity contribution in [2.24, 2.45) is 0 Å². The van der Waals surface area contributed by atoms with Gasteiger partial charge in [0.1, 0.15) is 5.75 Å². The molecule has 0 atom stereocenters. The molecule has 0 radical (unpaired) electrons. The zero-order valence-corrected chi connectivity index (χ0v) is 13.9.